The second-order valence-corrected chi connectivity index (χ2v) is 10.1. The van der Waals surface area contributed by atoms with Crippen molar-refractivity contribution in [1.29, 1.82) is 0 Å². The SMILES string of the molecule is O=C(c1noc2c1CCCC2)N1CCCC(CNS(=O)(=O)c2cccs2)C1. The van der Waals surface area contributed by atoms with Crippen molar-refractivity contribution >= 4 is 27.3 Å². The van der Waals surface area contributed by atoms with Crippen LogP contribution in [0.2, 0.25) is 0 Å². The Hall–Kier alpha value is -1.71. The van der Waals surface area contributed by atoms with E-state index in [0.717, 1.165) is 49.8 Å². The van der Waals surface area contributed by atoms with E-state index in [2.05, 4.69) is 9.88 Å². The molecule has 0 spiro atoms. The first-order chi connectivity index (χ1) is 13.0. The van der Waals surface area contributed by atoms with Crippen LogP contribution >= 0.6 is 11.3 Å². The fraction of sp³-hybridized carbons (Fsp3) is 0.556. The van der Waals surface area contributed by atoms with Gasteiger partial charge in [0, 0.05) is 31.6 Å². The van der Waals surface area contributed by atoms with E-state index in [1.54, 1.807) is 22.4 Å². The smallest absolute Gasteiger partial charge is 0.276 e. The van der Waals surface area contributed by atoms with Gasteiger partial charge in [0.2, 0.25) is 10.0 Å². The van der Waals surface area contributed by atoms with Gasteiger partial charge in [0.1, 0.15) is 9.97 Å². The number of thiophene rings is 1. The molecule has 2 aliphatic rings. The van der Waals surface area contributed by atoms with Crippen LogP contribution in [0.1, 0.15) is 47.5 Å². The summed E-state index contributed by atoms with van der Waals surface area (Å²) in [5, 5.41) is 5.78. The van der Waals surface area contributed by atoms with Gasteiger partial charge in [-0.3, -0.25) is 4.79 Å². The molecule has 4 rings (SSSR count). The highest BCUT2D eigenvalue weighted by Gasteiger charge is 2.31. The average Bonchev–Trinajstić information content (AvgIpc) is 3.36. The lowest BCUT2D eigenvalue weighted by molar-refractivity contribution is 0.0665. The highest BCUT2D eigenvalue weighted by molar-refractivity contribution is 7.91. The molecule has 27 heavy (non-hydrogen) atoms. The third kappa shape index (κ3) is 3.95. The largest absolute Gasteiger partial charge is 0.360 e. The van der Waals surface area contributed by atoms with Gasteiger partial charge in [-0.1, -0.05) is 11.2 Å². The number of aromatic nitrogens is 1. The Labute approximate surface area is 162 Å². The predicted molar refractivity (Wildman–Crippen MR) is 101 cm³/mol. The molecule has 1 amide bonds. The molecule has 1 unspecified atom stereocenters. The fourth-order valence-corrected chi connectivity index (χ4v) is 5.99. The van der Waals surface area contributed by atoms with Crippen LogP contribution in [-0.4, -0.2) is 44.0 Å². The third-order valence-electron chi connectivity index (χ3n) is 5.28. The van der Waals surface area contributed by atoms with Crippen molar-refractivity contribution in [2.75, 3.05) is 19.6 Å². The minimum atomic E-state index is -3.47. The summed E-state index contributed by atoms with van der Waals surface area (Å²) in [5.74, 6) is 0.856. The number of amides is 1. The second kappa shape index (κ2) is 7.73. The maximum Gasteiger partial charge on any atom is 0.276 e. The van der Waals surface area contributed by atoms with Crippen molar-refractivity contribution < 1.29 is 17.7 Å². The molecule has 2 aromatic heterocycles. The first-order valence-corrected chi connectivity index (χ1v) is 11.7. The van der Waals surface area contributed by atoms with Gasteiger partial charge in [0.15, 0.2) is 5.69 Å². The van der Waals surface area contributed by atoms with E-state index in [4.69, 9.17) is 4.52 Å². The molecule has 1 aliphatic heterocycles. The predicted octanol–water partition coefficient (Wildman–Crippen LogP) is 2.45. The van der Waals surface area contributed by atoms with Crippen molar-refractivity contribution in [3.63, 3.8) is 0 Å². The fourth-order valence-electron chi connectivity index (χ4n) is 3.83. The summed E-state index contributed by atoms with van der Waals surface area (Å²) < 4.78 is 33.0. The number of hydrogen-bond acceptors (Lipinski definition) is 6. The summed E-state index contributed by atoms with van der Waals surface area (Å²) in [5.41, 5.74) is 1.41. The number of hydrogen-bond donors (Lipinski definition) is 1. The normalized spacial score (nSPS) is 20.4. The van der Waals surface area contributed by atoms with Gasteiger partial charge in [-0.25, -0.2) is 13.1 Å². The Bertz CT molecular complexity index is 905. The van der Waals surface area contributed by atoms with Crippen molar-refractivity contribution in [3.05, 3.63) is 34.5 Å². The molecule has 2 aromatic rings. The number of rotatable bonds is 5. The van der Waals surface area contributed by atoms with Crippen molar-refractivity contribution in [2.45, 2.75) is 42.7 Å². The summed E-state index contributed by atoms with van der Waals surface area (Å²) in [6.07, 6.45) is 5.58. The standard InChI is InChI=1S/C18H23N3O4S2/c22-18(17-14-6-1-2-7-15(14)25-20-17)21-9-3-5-13(12-21)11-19-27(23,24)16-8-4-10-26-16/h4,8,10,13,19H,1-3,5-7,9,11-12H2. The third-order valence-corrected chi connectivity index (χ3v) is 8.10. The minimum Gasteiger partial charge on any atom is -0.360 e. The Morgan fingerprint density at radius 3 is 3.00 bits per heavy atom. The molecule has 0 saturated carbocycles. The zero-order valence-corrected chi connectivity index (χ0v) is 16.7. The topological polar surface area (TPSA) is 92.5 Å². The monoisotopic (exact) mass is 409 g/mol. The molecule has 7 nitrogen and oxygen atoms in total. The molecule has 1 aliphatic carbocycles. The molecule has 1 fully saturated rings. The Morgan fingerprint density at radius 2 is 2.19 bits per heavy atom. The molecular weight excluding hydrogens is 386 g/mol. The number of carbonyl (C=O) groups excluding carboxylic acids is 1. The molecule has 0 bridgehead atoms. The molecular formula is C18H23N3O4S2. The first kappa shape index (κ1) is 18.6. The lowest BCUT2D eigenvalue weighted by atomic mass is 9.94. The van der Waals surface area contributed by atoms with Crippen LogP contribution in [0.4, 0.5) is 0 Å². The van der Waals surface area contributed by atoms with E-state index >= 15 is 0 Å². The molecule has 1 N–H and O–H groups in total. The maximum absolute atomic E-state index is 12.9. The van der Waals surface area contributed by atoms with Crippen LogP contribution in [0.5, 0.6) is 0 Å². The van der Waals surface area contributed by atoms with Gasteiger partial charge in [0.25, 0.3) is 5.91 Å². The quantitative estimate of drug-likeness (QED) is 0.819. The zero-order chi connectivity index (χ0) is 18.9. The lowest BCUT2D eigenvalue weighted by Gasteiger charge is -2.32. The minimum absolute atomic E-state index is 0.0901. The number of likely N-dealkylation sites (tertiary alicyclic amines) is 1. The Morgan fingerprint density at radius 1 is 1.33 bits per heavy atom. The van der Waals surface area contributed by atoms with Crippen LogP contribution in [0.25, 0.3) is 0 Å². The lowest BCUT2D eigenvalue weighted by Crippen LogP contribution is -2.44. The molecule has 0 radical (unpaired) electrons. The summed E-state index contributed by atoms with van der Waals surface area (Å²) in [4.78, 5) is 14.7. The number of nitrogens with one attached hydrogen (secondary N) is 1. The molecule has 146 valence electrons. The number of nitrogens with zero attached hydrogens (tertiary/aromatic N) is 2. The van der Waals surface area contributed by atoms with E-state index in [9.17, 15) is 13.2 Å². The van der Waals surface area contributed by atoms with Crippen molar-refractivity contribution in [3.8, 4) is 0 Å². The van der Waals surface area contributed by atoms with E-state index in [1.165, 1.54) is 11.3 Å². The maximum atomic E-state index is 12.9. The molecule has 1 atom stereocenters. The van der Waals surface area contributed by atoms with Gasteiger partial charge in [-0.2, -0.15) is 0 Å². The summed E-state index contributed by atoms with van der Waals surface area (Å²) in [6, 6.07) is 3.32. The van der Waals surface area contributed by atoms with Gasteiger partial charge in [-0.15, -0.1) is 11.3 Å². The summed E-state index contributed by atoms with van der Waals surface area (Å²) in [6.45, 7) is 1.54. The number of piperidine rings is 1. The zero-order valence-electron chi connectivity index (χ0n) is 15.0. The van der Waals surface area contributed by atoms with Gasteiger partial charge < -0.3 is 9.42 Å². The van der Waals surface area contributed by atoms with Crippen LogP contribution in [0.3, 0.4) is 0 Å². The average molecular weight is 410 g/mol. The highest BCUT2D eigenvalue weighted by atomic mass is 32.2. The Kier molecular flexibility index (Phi) is 5.34. The van der Waals surface area contributed by atoms with E-state index in [-0.39, 0.29) is 11.8 Å². The number of sulfonamides is 1. The molecule has 3 heterocycles. The highest BCUT2D eigenvalue weighted by Crippen LogP contribution is 2.26. The number of aryl methyl sites for hydroxylation is 1. The first-order valence-electron chi connectivity index (χ1n) is 9.34. The van der Waals surface area contributed by atoms with Gasteiger partial charge >= 0.3 is 0 Å². The molecule has 9 heteroatoms. The summed E-state index contributed by atoms with van der Waals surface area (Å²) in [7, 11) is -3.47. The van der Waals surface area contributed by atoms with E-state index < -0.39 is 10.0 Å². The van der Waals surface area contributed by atoms with Crippen LogP contribution in [0, 0.1) is 5.92 Å². The van der Waals surface area contributed by atoms with E-state index in [0.29, 0.717) is 29.5 Å². The molecule has 1 saturated heterocycles. The van der Waals surface area contributed by atoms with Crippen LogP contribution in [0.15, 0.2) is 26.2 Å². The number of fused-ring (bicyclic) bond motifs is 1. The van der Waals surface area contributed by atoms with Gasteiger partial charge in [-0.05, 0) is 49.5 Å². The second-order valence-electron chi connectivity index (χ2n) is 7.18. The Balaban J connectivity index is 1.39. The summed E-state index contributed by atoms with van der Waals surface area (Å²) >= 11 is 1.20. The van der Waals surface area contributed by atoms with E-state index in [1.807, 2.05) is 0 Å². The van der Waals surface area contributed by atoms with Crippen molar-refractivity contribution in [1.82, 2.24) is 14.8 Å². The van der Waals surface area contributed by atoms with Crippen LogP contribution < -0.4 is 4.72 Å². The molecule has 0 aromatic carbocycles. The van der Waals surface area contributed by atoms with Crippen molar-refractivity contribution in [2.24, 2.45) is 5.92 Å². The van der Waals surface area contributed by atoms with Crippen LogP contribution in [-0.2, 0) is 22.9 Å². The van der Waals surface area contributed by atoms with Gasteiger partial charge in [0.05, 0.1) is 0 Å². The number of carbonyl (C=O) groups is 1.